The Morgan fingerprint density at radius 3 is 2.68 bits per heavy atom. The summed E-state index contributed by atoms with van der Waals surface area (Å²) >= 11 is 0. The molecule has 0 spiro atoms. The molecule has 1 N–H and O–H groups in total. The number of rotatable bonds is 7. The van der Waals surface area contributed by atoms with Crippen molar-refractivity contribution in [3.63, 3.8) is 0 Å². The Bertz CT molecular complexity index is 344. The van der Waals surface area contributed by atoms with E-state index in [0.29, 0.717) is 12.0 Å². The van der Waals surface area contributed by atoms with Crippen molar-refractivity contribution in [3.8, 4) is 0 Å². The SMILES string of the molecule is CC(C)(C)OC(=O)N(CCCNCC1CCCOC1)C1CC1. The van der Waals surface area contributed by atoms with E-state index >= 15 is 0 Å². The highest BCUT2D eigenvalue weighted by atomic mass is 16.6. The normalized spacial score (nSPS) is 22.4. The first-order chi connectivity index (χ1) is 10.5. The molecular weight excluding hydrogens is 280 g/mol. The molecule has 128 valence electrons. The van der Waals surface area contributed by atoms with Crippen LogP contribution in [0.4, 0.5) is 4.79 Å². The molecule has 0 aromatic carbocycles. The fourth-order valence-electron chi connectivity index (χ4n) is 2.78. The minimum atomic E-state index is -0.413. The van der Waals surface area contributed by atoms with E-state index in [-0.39, 0.29) is 6.09 Å². The Morgan fingerprint density at radius 2 is 2.09 bits per heavy atom. The molecule has 5 heteroatoms. The summed E-state index contributed by atoms with van der Waals surface area (Å²) in [5, 5.41) is 3.50. The zero-order valence-electron chi connectivity index (χ0n) is 14.4. The van der Waals surface area contributed by atoms with Gasteiger partial charge in [0.15, 0.2) is 0 Å². The fraction of sp³-hybridized carbons (Fsp3) is 0.941. The minimum Gasteiger partial charge on any atom is -0.444 e. The lowest BCUT2D eigenvalue weighted by atomic mass is 10.0. The Labute approximate surface area is 134 Å². The molecule has 1 aliphatic heterocycles. The van der Waals surface area contributed by atoms with E-state index in [0.717, 1.165) is 52.1 Å². The third-order valence-corrected chi connectivity index (χ3v) is 4.06. The number of ether oxygens (including phenoxy) is 2. The molecule has 0 aromatic rings. The van der Waals surface area contributed by atoms with Crippen molar-refractivity contribution in [1.82, 2.24) is 10.2 Å². The third kappa shape index (κ3) is 6.53. The molecule has 5 nitrogen and oxygen atoms in total. The van der Waals surface area contributed by atoms with Crippen molar-refractivity contribution in [1.29, 1.82) is 0 Å². The first kappa shape index (κ1) is 17.5. The molecule has 1 saturated heterocycles. The van der Waals surface area contributed by atoms with Crippen LogP contribution >= 0.6 is 0 Å². The Hall–Kier alpha value is -0.810. The number of amides is 1. The van der Waals surface area contributed by atoms with Gasteiger partial charge >= 0.3 is 6.09 Å². The predicted molar refractivity (Wildman–Crippen MR) is 87.0 cm³/mol. The van der Waals surface area contributed by atoms with Gasteiger partial charge in [-0.25, -0.2) is 4.79 Å². The van der Waals surface area contributed by atoms with Crippen molar-refractivity contribution < 1.29 is 14.3 Å². The summed E-state index contributed by atoms with van der Waals surface area (Å²) in [6.07, 6.45) is 5.50. The van der Waals surface area contributed by atoms with Gasteiger partial charge in [0.1, 0.15) is 5.60 Å². The van der Waals surface area contributed by atoms with Crippen LogP contribution in [0.3, 0.4) is 0 Å². The average molecular weight is 312 g/mol. The predicted octanol–water partition coefficient (Wildman–Crippen LogP) is 2.79. The summed E-state index contributed by atoms with van der Waals surface area (Å²) < 4.78 is 11.0. The molecular formula is C17H32N2O3. The zero-order chi connectivity index (χ0) is 16.0. The van der Waals surface area contributed by atoms with Crippen LogP contribution in [0.2, 0.25) is 0 Å². The smallest absolute Gasteiger partial charge is 0.410 e. The lowest BCUT2D eigenvalue weighted by Crippen LogP contribution is -2.40. The first-order valence-corrected chi connectivity index (χ1v) is 8.74. The highest BCUT2D eigenvalue weighted by molar-refractivity contribution is 5.69. The van der Waals surface area contributed by atoms with Gasteiger partial charge in [-0.05, 0) is 65.3 Å². The van der Waals surface area contributed by atoms with Crippen LogP contribution in [0.25, 0.3) is 0 Å². The minimum absolute atomic E-state index is 0.157. The molecule has 0 radical (unpaired) electrons. The molecule has 1 saturated carbocycles. The van der Waals surface area contributed by atoms with Crippen molar-refractivity contribution in [2.45, 2.75) is 64.5 Å². The summed E-state index contributed by atoms with van der Waals surface area (Å²) in [5.41, 5.74) is -0.413. The van der Waals surface area contributed by atoms with Gasteiger partial charge < -0.3 is 19.7 Å². The monoisotopic (exact) mass is 312 g/mol. The third-order valence-electron chi connectivity index (χ3n) is 4.06. The molecule has 2 fully saturated rings. The lowest BCUT2D eigenvalue weighted by molar-refractivity contribution is 0.0231. The molecule has 2 rings (SSSR count). The van der Waals surface area contributed by atoms with Gasteiger partial charge in [-0.15, -0.1) is 0 Å². The average Bonchev–Trinajstić information content (AvgIpc) is 3.26. The van der Waals surface area contributed by atoms with Crippen LogP contribution < -0.4 is 5.32 Å². The van der Waals surface area contributed by atoms with Crippen molar-refractivity contribution in [2.24, 2.45) is 5.92 Å². The quantitative estimate of drug-likeness (QED) is 0.735. The Morgan fingerprint density at radius 1 is 1.32 bits per heavy atom. The standard InChI is InChI=1S/C17H32N2O3/c1-17(2,3)22-16(20)19(15-7-8-15)10-5-9-18-12-14-6-4-11-21-13-14/h14-15,18H,4-13H2,1-3H3. The molecule has 1 unspecified atom stereocenters. The van der Waals surface area contributed by atoms with Gasteiger partial charge in [0.25, 0.3) is 0 Å². The molecule has 1 amide bonds. The van der Waals surface area contributed by atoms with Crippen LogP contribution in [0, 0.1) is 5.92 Å². The second-order valence-corrected chi connectivity index (χ2v) is 7.55. The van der Waals surface area contributed by atoms with Crippen molar-refractivity contribution in [3.05, 3.63) is 0 Å². The van der Waals surface area contributed by atoms with Gasteiger partial charge in [-0.2, -0.15) is 0 Å². The van der Waals surface area contributed by atoms with E-state index in [9.17, 15) is 4.79 Å². The topological polar surface area (TPSA) is 50.8 Å². The number of carbonyl (C=O) groups excluding carboxylic acids is 1. The fourth-order valence-corrected chi connectivity index (χ4v) is 2.78. The largest absolute Gasteiger partial charge is 0.444 e. The summed E-state index contributed by atoms with van der Waals surface area (Å²) in [6.45, 7) is 10.3. The number of nitrogens with zero attached hydrogens (tertiary/aromatic N) is 1. The number of hydrogen-bond acceptors (Lipinski definition) is 4. The van der Waals surface area contributed by atoms with E-state index < -0.39 is 5.60 Å². The van der Waals surface area contributed by atoms with E-state index in [4.69, 9.17) is 9.47 Å². The van der Waals surface area contributed by atoms with Crippen molar-refractivity contribution in [2.75, 3.05) is 32.8 Å². The highest BCUT2D eigenvalue weighted by Gasteiger charge is 2.34. The van der Waals surface area contributed by atoms with E-state index in [1.54, 1.807) is 0 Å². The lowest BCUT2D eigenvalue weighted by Gasteiger charge is -2.27. The van der Waals surface area contributed by atoms with Crippen LogP contribution in [-0.4, -0.2) is 55.5 Å². The van der Waals surface area contributed by atoms with Gasteiger partial charge in [0.2, 0.25) is 0 Å². The zero-order valence-corrected chi connectivity index (χ0v) is 14.4. The van der Waals surface area contributed by atoms with E-state index in [1.165, 1.54) is 12.8 Å². The number of nitrogens with one attached hydrogen (secondary N) is 1. The van der Waals surface area contributed by atoms with Gasteiger partial charge in [-0.3, -0.25) is 0 Å². The van der Waals surface area contributed by atoms with Crippen LogP contribution in [0.5, 0.6) is 0 Å². The first-order valence-electron chi connectivity index (χ1n) is 8.74. The summed E-state index contributed by atoms with van der Waals surface area (Å²) in [6, 6.07) is 0.404. The number of carbonyl (C=O) groups is 1. The van der Waals surface area contributed by atoms with Crippen LogP contribution in [0.1, 0.15) is 52.9 Å². The van der Waals surface area contributed by atoms with E-state index in [2.05, 4.69) is 5.32 Å². The maximum absolute atomic E-state index is 12.2. The highest BCUT2D eigenvalue weighted by Crippen LogP contribution is 2.28. The van der Waals surface area contributed by atoms with Crippen LogP contribution in [-0.2, 0) is 9.47 Å². The molecule has 1 aliphatic carbocycles. The second-order valence-electron chi connectivity index (χ2n) is 7.55. The summed E-state index contributed by atoms with van der Waals surface area (Å²) in [4.78, 5) is 14.1. The van der Waals surface area contributed by atoms with Gasteiger partial charge in [0.05, 0.1) is 6.61 Å². The molecule has 22 heavy (non-hydrogen) atoms. The molecule has 1 atom stereocenters. The Kier molecular flexibility index (Phi) is 6.50. The van der Waals surface area contributed by atoms with Crippen molar-refractivity contribution >= 4 is 6.09 Å². The van der Waals surface area contributed by atoms with E-state index in [1.807, 2.05) is 25.7 Å². The van der Waals surface area contributed by atoms with Crippen LogP contribution in [0.15, 0.2) is 0 Å². The summed E-state index contributed by atoms with van der Waals surface area (Å²) in [7, 11) is 0. The second kappa shape index (κ2) is 8.16. The molecule has 1 heterocycles. The Balaban J connectivity index is 1.61. The summed E-state index contributed by atoms with van der Waals surface area (Å²) in [5.74, 6) is 0.652. The maximum atomic E-state index is 12.2. The van der Waals surface area contributed by atoms with Gasteiger partial charge in [-0.1, -0.05) is 0 Å². The molecule has 0 aromatic heterocycles. The molecule has 2 aliphatic rings. The molecule has 0 bridgehead atoms. The van der Waals surface area contributed by atoms with Gasteiger partial charge in [0, 0.05) is 25.7 Å². The number of hydrogen-bond donors (Lipinski definition) is 1. The maximum Gasteiger partial charge on any atom is 0.410 e.